The first-order valence-corrected chi connectivity index (χ1v) is 5.72. The minimum absolute atomic E-state index is 0.0458. The van der Waals surface area contributed by atoms with Crippen molar-refractivity contribution in [3.63, 3.8) is 0 Å². The third kappa shape index (κ3) is 2.44. The van der Waals surface area contributed by atoms with Crippen LogP contribution in [-0.2, 0) is 6.54 Å². The number of aryl methyl sites for hydroxylation is 1. The van der Waals surface area contributed by atoms with Crippen molar-refractivity contribution < 1.29 is 14.3 Å². The van der Waals surface area contributed by atoms with Crippen LogP contribution in [0, 0.1) is 6.92 Å². The van der Waals surface area contributed by atoms with E-state index in [4.69, 9.17) is 9.52 Å². The molecule has 2 rings (SSSR count). The van der Waals surface area contributed by atoms with Crippen LogP contribution in [0.2, 0.25) is 0 Å². The smallest absolute Gasteiger partial charge is 0.371 e. The standard InChI is InChI=1S/C12H17NO3/c1-9-10(7-11(16-9)12(14)15)8-13-5-3-2-4-6-13/h7H,2-6,8H2,1H3,(H,14,15). The van der Waals surface area contributed by atoms with Crippen LogP contribution < -0.4 is 0 Å². The van der Waals surface area contributed by atoms with Crippen LogP contribution >= 0.6 is 0 Å². The lowest BCUT2D eigenvalue weighted by atomic mass is 10.1. The molecule has 0 aromatic carbocycles. The fourth-order valence-corrected chi connectivity index (χ4v) is 2.14. The van der Waals surface area contributed by atoms with Crippen molar-refractivity contribution in [2.75, 3.05) is 13.1 Å². The van der Waals surface area contributed by atoms with E-state index in [2.05, 4.69) is 4.90 Å². The summed E-state index contributed by atoms with van der Waals surface area (Å²) in [4.78, 5) is 13.1. The molecule has 1 aromatic heterocycles. The summed E-state index contributed by atoms with van der Waals surface area (Å²) in [5.41, 5.74) is 0.999. The Bertz CT molecular complexity index is 378. The summed E-state index contributed by atoms with van der Waals surface area (Å²) in [6.45, 7) is 4.84. The van der Waals surface area contributed by atoms with Crippen LogP contribution in [-0.4, -0.2) is 29.1 Å². The van der Waals surface area contributed by atoms with Crippen LogP contribution in [0.25, 0.3) is 0 Å². The number of aromatic carboxylic acids is 1. The maximum absolute atomic E-state index is 10.8. The molecule has 88 valence electrons. The number of likely N-dealkylation sites (tertiary alicyclic amines) is 1. The van der Waals surface area contributed by atoms with Crippen LogP contribution in [0.4, 0.5) is 0 Å². The summed E-state index contributed by atoms with van der Waals surface area (Å²) in [7, 11) is 0. The van der Waals surface area contributed by atoms with E-state index in [0.29, 0.717) is 0 Å². The number of nitrogens with zero attached hydrogens (tertiary/aromatic N) is 1. The zero-order valence-corrected chi connectivity index (χ0v) is 9.53. The Hall–Kier alpha value is -1.29. The Morgan fingerprint density at radius 3 is 2.69 bits per heavy atom. The molecule has 1 fully saturated rings. The van der Waals surface area contributed by atoms with Crippen molar-refractivity contribution >= 4 is 5.97 Å². The Labute approximate surface area is 94.9 Å². The summed E-state index contributed by atoms with van der Waals surface area (Å²) in [6.07, 6.45) is 3.78. The summed E-state index contributed by atoms with van der Waals surface area (Å²) < 4.78 is 5.19. The molecule has 0 bridgehead atoms. The highest BCUT2D eigenvalue weighted by molar-refractivity contribution is 5.84. The average Bonchev–Trinajstić information content (AvgIpc) is 2.62. The van der Waals surface area contributed by atoms with E-state index >= 15 is 0 Å². The number of carbonyl (C=O) groups is 1. The molecule has 1 N–H and O–H groups in total. The van der Waals surface area contributed by atoms with Crippen LogP contribution in [0.5, 0.6) is 0 Å². The number of hydrogen-bond donors (Lipinski definition) is 1. The Morgan fingerprint density at radius 2 is 2.12 bits per heavy atom. The van der Waals surface area contributed by atoms with E-state index in [0.717, 1.165) is 31.0 Å². The van der Waals surface area contributed by atoms with Crippen LogP contribution in [0.1, 0.15) is 41.1 Å². The van der Waals surface area contributed by atoms with Gasteiger partial charge in [-0.2, -0.15) is 0 Å². The van der Waals surface area contributed by atoms with Crippen LogP contribution in [0.15, 0.2) is 10.5 Å². The van der Waals surface area contributed by atoms with Gasteiger partial charge in [0.2, 0.25) is 5.76 Å². The predicted octanol–water partition coefficient (Wildman–Crippen LogP) is 2.27. The molecule has 16 heavy (non-hydrogen) atoms. The van der Waals surface area contributed by atoms with Gasteiger partial charge in [0.1, 0.15) is 5.76 Å². The maximum Gasteiger partial charge on any atom is 0.371 e. The molecular formula is C12H17NO3. The zero-order chi connectivity index (χ0) is 11.5. The highest BCUT2D eigenvalue weighted by Crippen LogP contribution is 2.19. The topological polar surface area (TPSA) is 53.7 Å². The van der Waals surface area contributed by atoms with E-state index in [9.17, 15) is 4.79 Å². The summed E-state index contributed by atoms with van der Waals surface area (Å²) in [5.74, 6) is -0.222. The maximum atomic E-state index is 10.8. The highest BCUT2D eigenvalue weighted by atomic mass is 16.4. The number of carboxylic acid groups (broad SMARTS) is 1. The zero-order valence-electron chi connectivity index (χ0n) is 9.53. The van der Waals surface area contributed by atoms with Gasteiger partial charge in [-0.3, -0.25) is 4.90 Å². The Kier molecular flexibility index (Phi) is 3.29. The summed E-state index contributed by atoms with van der Waals surface area (Å²) in [6, 6.07) is 1.65. The number of carboxylic acids is 1. The van der Waals surface area contributed by atoms with E-state index in [1.165, 1.54) is 19.3 Å². The van der Waals surface area contributed by atoms with Crippen molar-refractivity contribution in [2.24, 2.45) is 0 Å². The van der Waals surface area contributed by atoms with Crippen molar-refractivity contribution in [2.45, 2.75) is 32.7 Å². The van der Waals surface area contributed by atoms with Crippen molar-refractivity contribution in [3.8, 4) is 0 Å². The molecular weight excluding hydrogens is 206 g/mol. The largest absolute Gasteiger partial charge is 0.475 e. The van der Waals surface area contributed by atoms with E-state index < -0.39 is 5.97 Å². The first-order chi connectivity index (χ1) is 7.66. The third-order valence-corrected chi connectivity index (χ3v) is 3.07. The molecule has 2 heterocycles. The number of hydrogen-bond acceptors (Lipinski definition) is 3. The second-order valence-electron chi connectivity index (χ2n) is 4.33. The predicted molar refractivity (Wildman–Crippen MR) is 59.5 cm³/mol. The Morgan fingerprint density at radius 1 is 1.44 bits per heavy atom. The van der Waals surface area contributed by atoms with Gasteiger partial charge < -0.3 is 9.52 Å². The SMILES string of the molecule is Cc1oc(C(=O)O)cc1CN1CCCCC1. The van der Waals surface area contributed by atoms with Crippen molar-refractivity contribution in [1.29, 1.82) is 0 Å². The normalized spacial score (nSPS) is 17.6. The van der Waals surface area contributed by atoms with Crippen molar-refractivity contribution in [1.82, 2.24) is 4.90 Å². The van der Waals surface area contributed by atoms with Gasteiger partial charge in [0.25, 0.3) is 0 Å². The molecule has 0 saturated carbocycles. The first-order valence-electron chi connectivity index (χ1n) is 5.72. The fourth-order valence-electron chi connectivity index (χ4n) is 2.14. The molecule has 0 unspecified atom stereocenters. The molecule has 1 aromatic rings. The minimum atomic E-state index is -0.993. The van der Waals surface area contributed by atoms with E-state index in [1.54, 1.807) is 6.07 Å². The molecule has 0 amide bonds. The van der Waals surface area contributed by atoms with Gasteiger partial charge in [-0.05, 0) is 38.9 Å². The number of rotatable bonds is 3. The molecule has 1 saturated heterocycles. The molecule has 4 heteroatoms. The molecule has 1 aliphatic heterocycles. The Balaban J connectivity index is 2.05. The summed E-state index contributed by atoms with van der Waals surface area (Å²) >= 11 is 0. The second-order valence-corrected chi connectivity index (χ2v) is 4.33. The van der Waals surface area contributed by atoms with Gasteiger partial charge in [0.15, 0.2) is 0 Å². The van der Waals surface area contributed by atoms with Gasteiger partial charge in [0.05, 0.1) is 0 Å². The monoisotopic (exact) mass is 223 g/mol. The summed E-state index contributed by atoms with van der Waals surface area (Å²) in [5, 5.41) is 8.82. The first kappa shape index (κ1) is 11.2. The van der Waals surface area contributed by atoms with E-state index in [-0.39, 0.29) is 5.76 Å². The third-order valence-electron chi connectivity index (χ3n) is 3.07. The van der Waals surface area contributed by atoms with E-state index in [1.807, 2.05) is 6.92 Å². The van der Waals surface area contributed by atoms with Gasteiger partial charge in [-0.25, -0.2) is 4.79 Å². The van der Waals surface area contributed by atoms with Gasteiger partial charge in [-0.15, -0.1) is 0 Å². The molecule has 0 radical (unpaired) electrons. The van der Waals surface area contributed by atoms with Crippen LogP contribution in [0.3, 0.4) is 0 Å². The lowest BCUT2D eigenvalue weighted by Gasteiger charge is -2.25. The minimum Gasteiger partial charge on any atom is -0.475 e. The second kappa shape index (κ2) is 4.70. The molecule has 1 aliphatic rings. The number of furan rings is 1. The van der Waals surface area contributed by atoms with Gasteiger partial charge >= 0.3 is 5.97 Å². The van der Waals surface area contributed by atoms with Crippen molar-refractivity contribution in [3.05, 3.63) is 23.2 Å². The lowest BCUT2D eigenvalue weighted by molar-refractivity contribution is 0.0661. The van der Waals surface area contributed by atoms with Gasteiger partial charge in [0, 0.05) is 12.1 Å². The molecule has 0 aliphatic carbocycles. The molecule has 0 atom stereocenters. The molecule has 4 nitrogen and oxygen atoms in total. The van der Waals surface area contributed by atoms with Gasteiger partial charge in [-0.1, -0.05) is 6.42 Å². The highest BCUT2D eigenvalue weighted by Gasteiger charge is 2.16. The number of piperidine rings is 1. The average molecular weight is 223 g/mol. The molecule has 0 spiro atoms. The quantitative estimate of drug-likeness (QED) is 0.854. The lowest BCUT2D eigenvalue weighted by Crippen LogP contribution is -2.29. The fraction of sp³-hybridized carbons (Fsp3) is 0.583.